The first-order chi connectivity index (χ1) is 4.84. The maximum atomic E-state index is 12.7. The summed E-state index contributed by atoms with van der Waals surface area (Å²) in [5, 5.41) is 0. The zero-order valence-corrected chi connectivity index (χ0v) is 7.43. The molecule has 1 rings (SSSR count). The van der Waals surface area contributed by atoms with Gasteiger partial charge in [-0.25, -0.2) is 4.39 Å². The van der Waals surface area contributed by atoms with Crippen molar-refractivity contribution < 1.29 is 4.39 Å². The van der Waals surface area contributed by atoms with Gasteiger partial charge in [-0.2, -0.15) is 0 Å². The molecule has 0 aromatic heterocycles. The highest BCUT2D eigenvalue weighted by atomic mass is 127. The molecule has 0 aliphatic heterocycles. The van der Waals surface area contributed by atoms with Crippen LogP contribution in [0.15, 0.2) is 24.3 Å². The van der Waals surface area contributed by atoms with E-state index in [0.717, 1.165) is 0 Å². The summed E-state index contributed by atoms with van der Waals surface area (Å²) < 4.78 is 15.6. The molecular formula is C7H7FIN. The summed E-state index contributed by atoms with van der Waals surface area (Å²) in [6.07, 6.45) is 0. The lowest BCUT2D eigenvalue weighted by Crippen LogP contribution is -1.99. The number of benzene rings is 1. The third-order valence-corrected chi connectivity index (χ3v) is 1.60. The molecule has 0 amide bonds. The molecule has 0 heterocycles. The highest BCUT2D eigenvalue weighted by Gasteiger charge is 1.96. The van der Waals surface area contributed by atoms with Crippen LogP contribution in [0.4, 0.5) is 4.39 Å². The molecule has 3 heteroatoms. The molecule has 0 saturated heterocycles. The van der Waals surface area contributed by atoms with Crippen LogP contribution >= 0.6 is 22.9 Å². The fourth-order valence-corrected chi connectivity index (χ4v) is 1.12. The van der Waals surface area contributed by atoms with Crippen molar-refractivity contribution in [2.75, 3.05) is 0 Å². The Balaban J connectivity index is 2.81. The third kappa shape index (κ3) is 1.91. The van der Waals surface area contributed by atoms with Gasteiger partial charge in [0.2, 0.25) is 0 Å². The minimum atomic E-state index is -0.147. The first-order valence-electron chi connectivity index (χ1n) is 2.91. The van der Waals surface area contributed by atoms with Crippen LogP contribution in [0.1, 0.15) is 5.56 Å². The Kier molecular flexibility index (Phi) is 3.08. The highest BCUT2D eigenvalue weighted by Crippen LogP contribution is 2.05. The van der Waals surface area contributed by atoms with Crippen LogP contribution in [0.25, 0.3) is 0 Å². The van der Waals surface area contributed by atoms with E-state index >= 15 is 0 Å². The smallest absolute Gasteiger partial charge is 0.127 e. The van der Waals surface area contributed by atoms with E-state index in [-0.39, 0.29) is 5.82 Å². The summed E-state index contributed by atoms with van der Waals surface area (Å²) >= 11 is 1.99. The lowest BCUT2D eigenvalue weighted by molar-refractivity contribution is 0.609. The fraction of sp³-hybridized carbons (Fsp3) is 0.143. The fourth-order valence-electron chi connectivity index (χ4n) is 0.714. The van der Waals surface area contributed by atoms with Crippen LogP contribution in [0, 0.1) is 5.82 Å². The van der Waals surface area contributed by atoms with E-state index in [4.69, 9.17) is 0 Å². The SMILES string of the molecule is Fc1ccccc1CNI. The molecule has 1 N–H and O–H groups in total. The molecule has 0 saturated carbocycles. The van der Waals surface area contributed by atoms with Gasteiger partial charge in [-0.15, -0.1) is 0 Å². The number of nitrogens with one attached hydrogen (secondary N) is 1. The summed E-state index contributed by atoms with van der Waals surface area (Å²) in [5.41, 5.74) is 0.705. The predicted octanol–water partition coefficient (Wildman–Crippen LogP) is 2.27. The standard InChI is InChI=1S/C7H7FIN/c8-7-4-2-1-3-6(7)5-10-9/h1-4,10H,5H2. The molecule has 10 heavy (non-hydrogen) atoms. The van der Waals surface area contributed by atoms with Crippen molar-refractivity contribution in [2.45, 2.75) is 6.54 Å². The topological polar surface area (TPSA) is 12.0 Å². The number of halogens is 2. The Hall–Kier alpha value is -0.160. The summed E-state index contributed by atoms with van der Waals surface area (Å²) in [5.74, 6) is -0.147. The molecule has 0 fully saturated rings. The van der Waals surface area contributed by atoms with Gasteiger partial charge in [0.05, 0.1) is 0 Å². The highest BCUT2D eigenvalue weighted by molar-refractivity contribution is 14.1. The molecule has 0 bridgehead atoms. The molecule has 1 nitrogen and oxygen atoms in total. The number of hydrogen-bond donors (Lipinski definition) is 1. The Morgan fingerprint density at radius 3 is 2.70 bits per heavy atom. The van der Waals surface area contributed by atoms with Gasteiger partial charge < -0.3 is 0 Å². The number of rotatable bonds is 2. The van der Waals surface area contributed by atoms with Gasteiger partial charge in [-0.3, -0.25) is 3.53 Å². The van der Waals surface area contributed by atoms with Gasteiger partial charge >= 0.3 is 0 Å². The molecule has 54 valence electrons. The van der Waals surface area contributed by atoms with Crippen molar-refractivity contribution in [1.29, 1.82) is 0 Å². The van der Waals surface area contributed by atoms with E-state index in [1.54, 1.807) is 12.1 Å². The molecule has 0 aliphatic carbocycles. The predicted molar refractivity (Wildman–Crippen MR) is 47.3 cm³/mol. The average Bonchev–Trinajstić information content (AvgIpc) is 1.94. The maximum absolute atomic E-state index is 12.7. The van der Waals surface area contributed by atoms with Crippen LogP contribution in [0.5, 0.6) is 0 Å². The summed E-state index contributed by atoms with van der Waals surface area (Å²) in [4.78, 5) is 0. The van der Waals surface area contributed by atoms with Gasteiger partial charge in [0.1, 0.15) is 5.82 Å². The Morgan fingerprint density at radius 1 is 1.40 bits per heavy atom. The Morgan fingerprint density at radius 2 is 2.10 bits per heavy atom. The quantitative estimate of drug-likeness (QED) is 0.628. The van der Waals surface area contributed by atoms with Crippen LogP contribution in [0.2, 0.25) is 0 Å². The molecule has 0 atom stereocenters. The van der Waals surface area contributed by atoms with Gasteiger partial charge in [-0.1, -0.05) is 18.2 Å². The second-order valence-electron chi connectivity index (χ2n) is 1.90. The minimum Gasteiger partial charge on any atom is -0.257 e. The molecule has 1 aromatic rings. The van der Waals surface area contributed by atoms with E-state index < -0.39 is 0 Å². The van der Waals surface area contributed by atoms with Gasteiger partial charge in [0.15, 0.2) is 0 Å². The second kappa shape index (κ2) is 3.88. The van der Waals surface area contributed by atoms with Gasteiger partial charge in [0, 0.05) is 35.0 Å². The van der Waals surface area contributed by atoms with E-state index in [2.05, 4.69) is 3.53 Å². The molecular weight excluding hydrogens is 244 g/mol. The largest absolute Gasteiger partial charge is 0.257 e. The minimum absolute atomic E-state index is 0.147. The summed E-state index contributed by atoms with van der Waals surface area (Å²) in [6.45, 7) is 0.577. The zero-order valence-electron chi connectivity index (χ0n) is 5.27. The molecule has 0 aliphatic rings. The Bertz CT molecular complexity index is 215. The van der Waals surface area contributed by atoms with Crippen molar-refractivity contribution in [3.05, 3.63) is 35.6 Å². The summed E-state index contributed by atoms with van der Waals surface area (Å²) in [7, 11) is 0. The van der Waals surface area contributed by atoms with E-state index in [0.29, 0.717) is 12.1 Å². The van der Waals surface area contributed by atoms with Crippen LogP contribution in [0.3, 0.4) is 0 Å². The molecule has 0 radical (unpaired) electrons. The maximum Gasteiger partial charge on any atom is 0.127 e. The lowest BCUT2D eigenvalue weighted by atomic mass is 10.2. The first-order valence-corrected chi connectivity index (χ1v) is 3.99. The van der Waals surface area contributed by atoms with E-state index in [9.17, 15) is 4.39 Å². The van der Waals surface area contributed by atoms with Gasteiger partial charge in [-0.05, 0) is 6.07 Å². The van der Waals surface area contributed by atoms with Gasteiger partial charge in [0.25, 0.3) is 0 Å². The molecule has 0 spiro atoms. The first kappa shape index (κ1) is 7.94. The van der Waals surface area contributed by atoms with Crippen molar-refractivity contribution in [3.63, 3.8) is 0 Å². The van der Waals surface area contributed by atoms with Crippen molar-refractivity contribution in [3.8, 4) is 0 Å². The van der Waals surface area contributed by atoms with Crippen LogP contribution in [-0.2, 0) is 6.54 Å². The van der Waals surface area contributed by atoms with Crippen LogP contribution in [-0.4, -0.2) is 0 Å². The van der Waals surface area contributed by atoms with Crippen molar-refractivity contribution in [1.82, 2.24) is 3.53 Å². The molecule has 1 aromatic carbocycles. The summed E-state index contributed by atoms with van der Waals surface area (Å²) in [6, 6.07) is 6.74. The monoisotopic (exact) mass is 251 g/mol. The zero-order chi connectivity index (χ0) is 7.40. The number of hydrogen-bond acceptors (Lipinski definition) is 1. The van der Waals surface area contributed by atoms with E-state index in [1.807, 2.05) is 28.9 Å². The molecule has 0 unspecified atom stereocenters. The van der Waals surface area contributed by atoms with Crippen molar-refractivity contribution in [2.24, 2.45) is 0 Å². The van der Waals surface area contributed by atoms with Crippen LogP contribution < -0.4 is 3.53 Å². The third-order valence-electron chi connectivity index (χ3n) is 1.22. The van der Waals surface area contributed by atoms with Crippen molar-refractivity contribution >= 4 is 22.9 Å². The second-order valence-corrected chi connectivity index (χ2v) is 2.66. The lowest BCUT2D eigenvalue weighted by Gasteiger charge is -1.98. The van der Waals surface area contributed by atoms with E-state index in [1.165, 1.54) is 6.07 Å². The Labute approximate surface area is 73.1 Å². The normalized spacial score (nSPS) is 9.80. The average molecular weight is 251 g/mol.